The van der Waals surface area contributed by atoms with Crippen LogP contribution in [0.4, 0.5) is 11.5 Å². The van der Waals surface area contributed by atoms with E-state index in [2.05, 4.69) is 9.97 Å². The van der Waals surface area contributed by atoms with Crippen LogP contribution in [-0.2, 0) is 0 Å². The number of hydrogen-bond acceptors (Lipinski definition) is 6. The minimum atomic E-state index is 0.261. The van der Waals surface area contributed by atoms with E-state index < -0.39 is 0 Å². The number of benzene rings is 1. The van der Waals surface area contributed by atoms with E-state index in [0.29, 0.717) is 0 Å². The Morgan fingerprint density at radius 1 is 1.00 bits per heavy atom. The number of pyridine rings is 1. The van der Waals surface area contributed by atoms with Gasteiger partial charge in [0, 0.05) is 36.8 Å². The lowest BCUT2D eigenvalue weighted by atomic mass is 10.2. The maximum absolute atomic E-state index is 5.47. The quantitative estimate of drug-likeness (QED) is 0.568. The molecule has 0 aliphatic carbocycles. The molecule has 128 valence electrons. The van der Waals surface area contributed by atoms with Crippen molar-refractivity contribution < 1.29 is 9.47 Å². The van der Waals surface area contributed by atoms with Crippen LogP contribution in [0.1, 0.15) is 0 Å². The lowest BCUT2D eigenvalue weighted by Gasteiger charge is -2.18. The molecule has 7 heteroatoms. The van der Waals surface area contributed by atoms with Crippen molar-refractivity contribution in [2.45, 2.75) is 0 Å². The highest BCUT2D eigenvalue weighted by Crippen LogP contribution is 2.36. The number of hydrogen-bond donors (Lipinski definition) is 0. The van der Waals surface area contributed by atoms with Crippen LogP contribution in [0.2, 0.25) is 0 Å². The molecule has 4 heterocycles. The summed E-state index contributed by atoms with van der Waals surface area (Å²) in [5, 5.41) is 4.77. The number of rotatable bonds is 3. The molecule has 1 aliphatic rings. The molecule has 1 aliphatic heterocycles. The Balaban J connectivity index is 1.57. The predicted molar refractivity (Wildman–Crippen MR) is 96.8 cm³/mol. The van der Waals surface area contributed by atoms with E-state index in [1.807, 2.05) is 65.1 Å². The monoisotopic (exact) mass is 345 g/mol. The second-order valence-electron chi connectivity index (χ2n) is 5.94. The zero-order chi connectivity index (χ0) is 17.5. The molecule has 0 fully saturated rings. The van der Waals surface area contributed by atoms with Crippen molar-refractivity contribution in [2.24, 2.45) is 0 Å². The van der Waals surface area contributed by atoms with Crippen LogP contribution in [0.15, 0.2) is 61.1 Å². The molecule has 4 aromatic rings. The van der Waals surface area contributed by atoms with Crippen molar-refractivity contribution in [3.8, 4) is 22.8 Å². The molecule has 3 aromatic heterocycles. The van der Waals surface area contributed by atoms with E-state index in [1.165, 1.54) is 0 Å². The van der Waals surface area contributed by atoms with E-state index in [0.717, 1.165) is 39.9 Å². The van der Waals surface area contributed by atoms with Crippen molar-refractivity contribution in [3.63, 3.8) is 0 Å². The molecule has 0 unspecified atom stereocenters. The Hall–Kier alpha value is -3.61. The molecule has 0 bridgehead atoms. The van der Waals surface area contributed by atoms with Gasteiger partial charge in [-0.1, -0.05) is 0 Å². The van der Waals surface area contributed by atoms with E-state index in [1.54, 1.807) is 12.4 Å². The predicted octanol–water partition coefficient (Wildman–Crippen LogP) is 3.29. The summed E-state index contributed by atoms with van der Waals surface area (Å²) in [5.74, 6) is 2.31. The van der Waals surface area contributed by atoms with Crippen LogP contribution in [0.3, 0.4) is 0 Å². The molecule has 0 N–H and O–H groups in total. The van der Waals surface area contributed by atoms with Crippen molar-refractivity contribution in [1.82, 2.24) is 19.6 Å². The van der Waals surface area contributed by atoms with Crippen molar-refractivity contribution in [3.05, 3.63) is 61.1 Å². The van der Waals surface area contributed by atoms with E-state index >= 15 is 0 Å². The molecule has 0 saturated carbocycles. The van der Waals surface area contributed by atoms with Gasteiger partial charge in [-0.15, -0.1) is 5.10 Å². The summed E-state index contributed by atoms with van der Waals surface area (Å²) in [4.78, 5) is 10.5. The topological polar surface area (TPSA) is 64.8 Å². The zero-order valence-electron chi connectivity index (χ0n) is 14.0. The standard InChI is InChI=1S/C19H15N5O2/c1-23(14-2-3-16-17(10-14)26-12-25-16)19-5-4-18-21-11-15(24(18)22-19)13-6-8-20-9-7-13/h2-11H,12H2,1H3. The van der Waals surface area contributed by atoms with Gasteiger partial charge in [0.2, 0.25) is 6.79 Å². The number of ether oxygens (including phenoxy) is 2. The van der Waals surface area contributed by atoms with Crippen LogP contribution in [0.5, 0.6) is 11.5 Å². The van der Waals surface area contributed by atoms with Crippen LogP contribution >= 0.6 is 0 Å². The van der Waals surface area contributed by atoms with Crippen LogP contribution in [-0.4, -0.2) is 33.4 Å². The van der Waals surface area contributed by atoms with Gasteiger partial charge in [-0.05, 0) is 36.4 Å². The Bertz CT molecular complexity index is 1090. The average Bonchev–Trinajstić information content (AvgIpc) is 3.33. The summed E-state index contributed by atoms with van der Waals surface area (Å²) in [7, 11) is 1.97. The highest BCUT2D eigenvalue weighted by Gasteiger charge is 2.16. The van der Waals surface area contributed by atoms with Crippen molar-refractivity contribution >= 4 is 17.2 Å². The zero-order valence-corrected chi connectivity index (χ0v) is 14.0. The third kappa shape index (κ3) is 2.33. The summed E-state index contributed by atoms with van der Waals surface area (Å²) in [6.45, 7) is 0.261. The van der Waals surface area contributed by atoms with E-state index in [4.69, 9.17) is 14.6 Å². The third-order valence-electron chi connectivity index (χ3n) is 4.41. The molecule has 0 amide bonds. The SMILES string of the molecule is CN(c1ccc2c(c1)OCO2)c1ccc2ncc(-c3ccncc3)n2n1. The normalized spacial score (nSPS) is 12.5. The maximum atomic E-state index is 5.47. The van der Waals surface area contributed by atoms with Gasteiger partial charge in [-0.2, -0.15) is 0 Å². The highest BCUT2D eigenvalue weighted by atomic mass is 16.7. The Kier molecular flexibility index (Phi) is 3.24. The summed E-state index contributed by atoms with van der Waals surface area (Å²) in [5.41, 5.74) is 3.69. The Labute approximate surface area is 149 Å². The summed E-state index contributed by atoms with van der Waals surface area (Å²) >= 11 is 0. The summed E-state index contributed by atoms with van der Waals surface area (Å²) < 4.78 is 12.7. The molecule has 0 atom stereocenters. The average molecular weight is 345 g/mol. The molecule has 26 heavy (non-hydrogen) atoms. The molecular weight excluding hydrogens is 330 g/mol. The lowest BCUT2D eigenvalue weighted by molar-refractivity contribution is 0.174. The molecule has 1 aromatic carbocycles. The minimum absolute atomic E-state index is 0.261. The van der Waals surface area contributed by atoms with Crippen LogP contribution < -0.4 is 14.4 Å². The van der Waals surface area contributed by atoms with Crippen molar-refractivity contribution in [1.29, 1.82) is 0 Å². The molecular formula is C19H15N5O2. The van der Waals surface area contributed by atoms with Crippen LogP contribution in [0.25, 0.3) is 16.9 Å². The van der Waals surface area contributed by atoms with E-state index in [-0.39, 0.29) is 6.79 Å². The van der Waals surface area contributed by atoms with Gasteiger partial charge in [0.1, 0.15) is 0 Å². The Morgan fingerprint density at radius 2 is 1.85 bits per heavy atom. The van der Waals surface area contributed by atoms with Gasteiger partial charge in [0.05, 0.1) is 11.9 Å². The number of aromatic nitrogens is 4. The number of anilines is 2. The van der Waals surface area contributed by atoms with Crippen LogP contribution in [0, 0.1) is 0 Å². The highest BCUT2D eigenvalue weighted by molar-refractivity contribution is 5.66. The Morgan fingerprint density at radius 3 is 2.73 bits per heavy atom. The minimum Gasteiger partial charge on any atom is -0.454 e. The molecule has 0 spiro atoms. The van der Waals surface area contributed by atoms with Gasteiger partial charge in [-0.3, -0.25) is 4.98 Å². The van der Waals surface area contributed by atoms with Gasteiger partial charge >= 0.3 is 0 Å². The van der Waals surface area contributed by atoms with Gasteiger partial charge in [0.25, 0.3) is 0 Å². The third-order valence-corrected chi connectivity index (χ3v) is 4.41. The van der Waals surface area contributed by atoms with Gasteiger partial charge < -0.3 is 14.4 Å². The first-order chi connectivity index (χ1) is 12.8. The molecule has 5 rings (SSSR count). The smallest absolute Gasteiger partial charge is 0.231 e. The number of nitrogens with zero attached hydrogens (tertiary/aromatic N) is 5. The number of imidazole rings is 1. The summed E-state index contributed by atoms with van der Waals surface area (Å²) in [6, 6.07) is 13.6. The van der Waals surface area contributed by atoms with E-state index in [9.17, 15) is 0 Å². The largest absolute Gasteiger partial charge is 0.454 e. The lowest BCUT2D eigenvalue weighted by Crippen LogP contribution is -2.13. The maximum Gasteiger partial charge on any atom is 0.231 e. The fourth-order valence-corrected chi connectivity index (χ4v) is 2.99. The number of fused-ring (bicyclic) bond motifs is 2. The molecule has 0 saturated heterocycles. The second kappa shape index (κ2) is 5.73. The molecule has 7 nitrogen and oxygen atoms in total. The second-order valence-corrected chi connectivity index (χ2v) is 5.94. The fourth-order valence-electron chi connectivity index (χ4n) is 2.99. The summed E-state index contributed by atoms with van der Waals surface area (Å²) in [6.07, 6.45) is 5.34. The fraction of sp³-hybridized carbons (Fsp3) is 0.105. The molecule has 0 radical (unpaired) electrons. The first-order valence-corrected chi connectivity index (χ1v) is 8.18. The van der Waals surface area contributed by atoms with Gasteiger partial charge in [0.15, 0.2) is 23.0 Å². The first-order valence-electron chi connectivity index (χ1n) is 8.18. The van der Waals surface area contributed by atoms with Gasteiger partial charge in [-0.25, -0.2) is 9.50 Å². The van der Waals surface area contributed by atoms with Crippen molar-refractivity contribution in [2.75, 3.05) is 18.7 Å². The first kappa shape index (κ1) is 14.7.